The van der Waals surface area contributed by atoms with Crippen LogP contribution in [0.3, 0.4) is 0 Å². The zero-order valence-corrected chi connectivity index (χ0v) is 19.8. The van der Waals surface area contributed by atoms with E-state index in [4.69, 9.17) is 4.74 Å². The van der Waals surface area contributed by atoms with E-state index < -0.39 is 6.10 Å². The molecule has 1 fully saturated rings. The second-order valence-corrected chi connectivity index (χ2v) is 8.17. The molecule has 1 aromatic rings. The third kappa shape index (κ3) is 8.48. The van der Waals surface area contributed by atoms with Crippen LogP contribution < -0.4 is 15.4 Å². The molecule has 0 saturated heterocycles. The average molecular weight is 507 g/mol. The van der Waals surface area contributed by atoms with Gasteiger partial charge in [0.1, 0.15) is 5.75 Å². The molecule has 0 heterocycles. The molecule has 3 atom stereocenters. The summed E-state index contributed by atoms with van der Waals surface area (Å²) in [4.78, 5) is 4.60. The number of halogens is 1. The van der Waals surface area contributed by atoms with Gasteiger partial charge in [0.25, 0.3) is 0 Å². The first-order chi connectivity index (χ1) is 12.7. The second-order valence-electron chi connectivity index (χ2n) is 6.59. The van der Waals surface area contributed by atoms with Gasteiger partial charge in [0.15, 0.2) is 5.96 Å². The highest BCUT2D eigenvalue weighted by molar-refractivity contribution is 14.0. The van der Waals surface area contributed by atoms with Crippen molar-refractivity contribution in [1.82, 2.24) is 10.6 Å². The van der Waals surface area contributed by atoms with Crippen LogP contribution in [0.25, 0.3) is 0 Å². The van der Waals surface area contributed by atoms with Crippen LogP contribution in [0.4, 0.5) is 0 Å². The maximum atomic E-state index is 10.4. The molecule has 0 amide bonds. The molecule has 0 aromatic heterocycles. The van der Waals surface area contributed by atoms with E-state index >= 15 is 0 Å². The molecule has 1 aromatic carbocycles. The normalized spacial score (nSPS) is 21.1. The molecule has 0 radical (unpaired) electrons. The Morgan fingerprint density at radius 1 is 1.30 bits per heavy atom. The molecule has 1 aliphatic carbocycles. The smallest absolute Gasteiger partial charge is 0.191 e. The van der Waals surface area contributed by atoms with Gasteiger partial charge in [0.05, 0.1) is 19.8 Å². The molecule has 1 saturated carbocycles. The molecule has 0 spiro atoms. The van der Waals surface area contributed by atoms with E-state index in [1.807, 2.05) is 24.3 Å². The fraction of sp³-hybridized carbons (Fsp3) is 0.650. The predicted molar refractivity (Wildman–Crippen MR) is 127 cm³/mol. The summed E-state index contributed by atoms with van der Waals surface area (Å²) in [6, 6.07) is 7.95. The van der Waals surface area contributed by atoms with Crippen molar-refractivity contribution in [2.75, 3.05) is 26.0 Å². The van der Waals surface area contributed by atoms with Crippen molar-refractivity contribution in [3.63, 3.8) is 0 Å². The van der Waals surface area contributed by atoms with Crippen LogP contribution in [0.2, 0.25) is 0 Å². The number of nitrogens with zero attached hydrogens (tertiary/aromatic N) is 1. The molecule has 0 bridgehead atoms. The monoisotopic (exact) mass is 507 g/mol. The summed E-state index contributed by atoms with van der Waals surface area (Å²) < 4.78 is 5.16. The Bertz CT molecular complexity index is 555. The first kappa shape index (κ1) is 24.4. The second kappa shape index (κ2) is 13.5. The number of benzene rings is 1. The summed E-state index contributed by atoms with van der Waals surface area (Å²) >= 11 is 2.06. The van der Waals surface area contributed by atoms with Crippen molar-refractivity contribution in [2.45, 2.75) is 56.9 Å². The lowest BCUT2D eigenvalue weighted by atomic mass is 9.95. The summed E-state index contributed by atoms with van der Waals surface area (Å²) in [5.74, 6) is 2.77. The molecule has 27 heavy (non-hydrogen) atoms. The van der Waals surface area contributed by atoms with Crippen molar-refractivity contribution in [3.8, 4) is 5.75 Å². The summed E-state index contributed by atoms with van der Waals surface area (Å²) in [7, 11) is 1.64. The Hall–Kier alpha value is -0.670. The van der Waals surface area contributed by atoms with Crippen LogP contribution in [0.15, 0.2) is 29.3 Å². The molecule has 3 N–H and O–H groups in total. The van der Waals surface area contributed by atoms with Crippen molar-refractivity contribution in [3.05, 3.63) is 29.8 Å². The lowest BCUT2D eigenvalue weighted by molar-refractivity contribution is 0.187. The molecule has 2 rings (SSSR count). The van der Waals surface area contributed by atoms with E-state index in [0.29, 0.717) is 12.6 Å². The number of nitrogens with one attached hydrogen (secondary N) is 2. The van der Waals surface area contributed by atoms with E-state index in [0.717, 1.165) is 29.1 Å². The molecule has 5 nitrogen and oxygen atoms in total. The highest BCUT2D eigenvalue weighted by Crippen LogP contribution is 2.28. The number of aliphatic hydroxyl groups is 1. The van der Waals surface area contributed by atoms with Crippen LogP contribution in [-0.4, -0.2) is 48.3 Å². The number of hydrogen-bond acceptors (Lipinski definition) is 4. The Kier molecular flexibility index (Phi) is 12.2. The Morgan fingerprint density at radius 2 is 2.04 bits per heavy atom. The number of ether oxygens (including phenoxy) is 1. The molecule has 0 aliphatic heterocycles. The van der Waals surface area contributed by atoms with Crippen molar-refractivity contribution in [1.29, 1.82) is 0 Å². The zero-order chi connectivity index (χ0) is 18.8. The number of guanidine groups is 1. The van der Waals surface area contributed by atoms with Gasteiger partial charge in [-0.3, -0.25) is 4.99 Å². The van der Waals surface area contributed by atoms with Crippen molar-refractivity contribution in [2.24, 2.45) is 4.99 Å². The summed E-state index contributed by atoms with van der Waals surface area (Å²) in [5.41, 5.74) is 0.850. The first-order valence-electron chi connectivity index (χ1n) is 9.64. The molecule has 3 unspecified atom stereocenters. The van der Waals surface area contributed by atoms with Crippen LogP contribution in [0.5, 0.6) is 5.75 Å². The topological polar surface area (TPSA) is 65.9 Å². The Labute approximate surface area is 185 Å². The number of methoxy groups -OCH3 is 1. The van der Waals surface area contributed by atoms with Gasteiger partial charge in [-0.1, -0.05) is 25.5 Å². The van der Waals surface area contributed by atoms with Crippen LogP contribution in [0, 0.1) is 0 Å². The van der Waals surface area contributed by atoms with Crippen molar-refractivity contribution >= 4 is 41.7 Å². The fourth-order valence-electron chi connectivity index (χ4n) is 3.29. The first-order valence-corrected chi connectivity index (χ1v) is 10.7. The van der Waals surface area contributed by atoms with Gasteiger partial charge < -0.3 is 20.5 Å². The molecule has 154 valence electrons. The quantitative estimate of drug-likeness (QED) is 0.283. The summed E-state index contributed by atoms with van der Waals surface area (Å²) in [6.45, 7) is 5.44. The van der Waals surface area contributed by atoms with E-state index in [1.54, 1.807) is 7.11 Å². The minimum absolute atomic E-state index is 0. The molecular weight excluding hydrogens is 473 g/mol. The maximum Gasteiger partial charge on any atom is 0.191 e. The zero-order valence-electron chi connectivity index (χ0n) is 16.6. The third-order valence-electron chi connectivity index (χ3n) is 4.64. The number of rotatable bonds is 8. The van der Waals surface area contributed by atoms with Gasteiger partial charge in [0.2, 0.25) is 0 Å². The number of aliphatic hydroxyl groups excluding tert-OH is 1. The SMILES string of the molecule is CCNC(=NCC(O)c1ccc(OC)cc1)NC1CCCC(SCC)C1.I. The lowest BCUT2D eigenvalue weighted by Gasteiger charge is -2.30. The lowest BCUT2D eigenvalue weighted by Crippen LogP contribution is -2.46. The molecule has 1 aliphatic rings. The van der Waals surface area contributed by atoms with E-state index in [2.05, 4.69) is 41.2 Å². The Balaban J connectivity index is 0.00000364. The molecule has 7 heteroatoms. The van der Waals surface area contributed by atoms with Gasteiger partial charge in [0, 0.05) is 17.8 Å². The number of aliphatic imine (C=N–C) groups is 1. The summed E-state index contributed by atoms with van der Waals surface area (Å²) in [6.07, 6.45) is 4.34. The van der Waals surface area contributed by atoms with Crippen LogP contribution in [-0.2, 0) is 0 Å². The van der Waals surface area contributed by atoms with Gasteiger partial charge in [-0.15, -0.1) is 24.0 Å². The van der Waals surface area contributed by atoms with E-state index in [-0.39, 0.29) is 24.0 Å². The van der Waals surface area contributed by atoms with Gasteiger partial charge in [-0.05, 0) is 49.6 Å². The van der Waals surface area contributed by atoms with Crippen molar-refractivity contribution < 1.29 is 9.84 Å². The minimum Gasteiger partial charge on any atom is -0.497 e. The highest BCUT2D eigenvalue weighted by Gasteiger charge is 2.22. The maximum absolute atomic E-state index is 10.4. The van der Waals surface area contributed by atoms with Gasteiger partial charge >= 0.3 is 0 Å². The summed E-state index contributed by atoms with van der Waals surface area (Å²) in [5, 5.41) is 18.0. The molecular formula is C20H34IN3O2S. The van der Waals surface area contributed by atoms with Crippen LogP contribution >= 0.6 is 35.7 Å². The predicted octanol–water partition coefficient (Wildman–Crippen LogP) is 3.97. The average Bonchev–Trinajstić information content (AvgIpc) is 2.67. The van der Waals surface area contributed by atoms with E-state index in [1.165, 1.54) is 31.4 Å². The van der Waals surface area contributed by atoms with Crippen LogP contribution in [0.1, 0.15) is 51.2 Å². The Morgan fingerprint density at radius 3 is 2.67 bits per heavy atom. The third-order valence-corrected chi connectivity index (χ3v) is 5.87. The standard InChI is InChI=1S/C20H33N3O2S.HI/c1-4-21-20(23-16-7-6-8-18(13-16)26-5-2)22-14-19(24)15-9-11-17(25-3)12-10-15;/h9-12,16,18-19,24H,4-8,13-14H2,1-3H3,(H2,21,22,23);1H. The van der Waals surface area contributed by atoms with E-state index in [9.17, 15) is 5.11 Å². The van der Waals surface area contributed by atoms with Gasteiger partial charge in [-0.25, -0.2) is 0 Å². The fourth-order valence-corrected chi connectivity index (χ4v) is 4.46. The number of thioether (sulfide) groups is 1. The minimum atomic E-state index is -0.619. The largest absolute Gasteiger partial charge is 0.497 e. The number of hydrogen-bond donors (Lipinski definition) is 3. The van der Waals surface area contributed by atoms with Gasteiger partial charge in [-0.2, -0.15) is 11.8 Å². The highest BCUT2D eigenvalue weighted by atomic mass is 127.